The lowest BCUT2D eigenvalue weighted by molar-refractivity contribution is -0.118. The lowest BCUT2D eigenvalue weighted by Gasteiger charge is -2.05. The van der Waals surface area contributed by atoms with E-state index >= 15 is 0 Å². The molecule has 19 heavy (non-hydrogen) atoms. The van der Waals surface area contributed by atoms with Gasteiger partial charge in [-0.25, -0.2) is 4.68 Å². The van der Waals surface area contributed by atoms with Gasteiger partial charge in [-0.3, -0.25) is 4.79 Å². The number of rotatable bonds is 3. The predicted molar refractivity (Wildman–Crippen MR) is 74.0 cm³/mol. The van der Waals surface area contributed by atoms with Crippen LogP contribution in [0.25, 0.3) is 5.69 Å². The predicted octanol–water partition coefficient (Wildman–Crippen LogP) is 2.42. The Morgan fingerprint density at radius 3 is 2.74 bits per heavy atom. The summed E-state index contributed by atoms with van der Waals surface area (Å²) in [5.74, 6) is -0.151. The van der Waals surface area contributed by atoms with Crippen molar-refractivity contribution in [3.63, 3.8) is 0 Å². The van der Waals surface area contributed by atoms with E-state index in [-0.39, 0.29) is 0 Å². The van der Waals surface area contributed by atoms with Gasteiger partial charge >= 0.3 is 0 Å². The molecule has 1 aromatic carbocycles. The van der Waals surface area contributed by atoms with E-state index in [9.17, 15) is 4.79 Å². The highest BCUT2D eigenvalue weighted by Gasteiger charge is 2.09. The molecule has 1 heterocycles. The number of aliphatic hydroxyl groups excluding tert-OH is 1. The van der Waals surface area contributed by atoms with E-state index in [1.165, 1.54) is 0 Å². The van der Waals surface area contributed by atoms with Gasteiger partial charge in [0, 0.05) is 11.8 Å². The highest BCUT2D eigenvalue weighted by Crippen LogP contribution is 2.25. The van der Waals surface area contributed by atoms with Crippen molar-refractivity contribution in [3.8, 4) is 5.69 Å². The van der Waals surface area contributed by atoms with Gasteiger partial charge in [0.25, 0.3) is 5.91 Å². The number of halogens is 2. The molecule has 1 aromatic heterocycles. The zero-order valence-electron chi connectivity index (χ0n) is 10.0. The third-order valence-corrected chi connectivity index (χ3v) is 3.19. The molecule has 7 heteroatoms. The van der Waals surface area contributed by atoms with Crippen molar-refractivity contribution in [1.82, 2.24) is 9.78 Å². The van der Waals surface area contributed by atoms with Crippen LogP contribution < -0.4 is 5.32 Å². The van der Waals surface area contributed by atoms with Crippen LogP contribution in [0.5, 0.6) is 0 Å². The molecule has 2 rings (SSSR count). The molecule has 0 aliphatic heterocycles. The summed E-state index contributed by atoms with van der Waals surface area (Å²) in [4.78, 5) is 11.1. The van der Waals surface area contributed by atoms with Gasteiger partial charge in [-0.2, -0.15) is 0 Å². The summed E-state index contributed by atoms with van der Waals surface area (Å²) in [6.07, 6.45) is 0. The monoisotopic (exact) mass is 299 g/mol. The zero-order chi connectivity index (χ0) is 14.0. The summed E-state index contributed by atoms with van der Waals surface area (Å²) >= 11 is 11.8. The maximum atomic E-state index is 11.1. The Kier molecular flexibility index (Phi) is 4.09. The fourth-order valence-corrected chi connectivity index (χ4v) is 1.89. The summed E-state index contributed by atoms with van der Waals surface area (Å²) in [6.45, 7) is 1.25. The number of amides is 1. The fraction of sp³-hybridized carbons (Fsp3) is 0.167. The number of anilines is 1. The highest BCUT2D eigenvalue weighted by atomic mass is 35.5. The Hall–Kier alpha value is -1.56. The molecule has 0 atom stereocenters. The second-order valence-corrected chi connectivity index (χ2v) is 4.70. The number of carbonyl (C=O) groups excluding carboxylic acids is 1. The van der Waals surface area contributed by atoms with E-state index in [1.807, 2.05) is 6.92 Å². The Bertz CT molecular complexity index is 625. The molecule has 0 saturated carbocycles. The molecule has 5 nitrogen and oxygen atoms in total. The summed E-state index contributed by atoms with van der Waals surface area (Å²) in [5, 5.41) is 16.2. The lowest BCUT2D eigenvalue weighted by atomic mass is 10.3. The van der Waals surface area contributed by atoms with E-state index in [0.29, 0.717) is 15.9 Å². The fourth-order valence-electron chi connectivity index (χ4n) is 1.60. The van der Waals surface area contributed by atoms with Gasteiger partial charge in [0.05, 0.1) is 15.7 Å². The normalized spacial score (nSPS) is 10.5. The van der Waals surface area contributed by atoms with Crippen LogP contribution in [0.2, 0.25) is 10.0 Å². The molecule has 0 fully saturated rings. The molecule has 0 saturated heterocycles. The topological polar surface area (TPSA) is 67.2 Å². The average Bonchev–Trinajstić information content (AvgIpc) is 2.73. The quantitative estimate of drug-likeness (QED) is 0.914. The summed E-state index contributed by atoms with van der Waals surface area (Å²) < 4.78 is 1.62. The van der Waals surface area contributed by atoms with E-state index < -0.39 is 12.5 Å². The first-order valence-corrected chi connectivity index (χ1v) is 6.19. The van der Waals surface area contributed by atoms with Crippen LogP contribution >= 0.6 is 23.2 Å². The number of nitrogens with zero attached hydrogens (tertiary/aromatic N) is 2. The number of hydrogen-bond donors (Lipinski definition) is 2. The molecule has 0 bridgehead atoms. The maximum Gasteiger partial charge on any atom is 0.251 e. The van der Waals surface area contributed by atoms with E-state index in [1.54, 1.807) is 28.9 Å². The first-order chi connectivity index (χ1) is 9.01. The van der Waals surface area contributed by atoms with Crippen molar-refractivity contribution in [2.45, 2.75) is 6.92 Å². The molecule has 2 N–H and O–H groups in total. The van der Waals surface area contributed by atoms with Crippen molar-refractivity contribution >= 4 is 34.9 Å². The maximum absolute atomic E-state index is 11.1. The number of benzene rings is 1. The second-order valence-electron chi connectivity index (χ2n) is 3.89. The van der Waals surface area contributed by atoms with Crippen LogP contribution in [0.4, 0.5) is 5.82 Å². The van der Waals surface area contributed by atoms with E-state index in [4.69, 9.17) is 28.3 Å². The minimum Gasteiger partial charge on any atom is -0.387 e. The number of hydrogen-bond acceptors (Lipinski definition) is 3. The van der Waals surface area contributed by atoms with Crippen LogP contribution in [0.3, 0.4) is 0 Å². The van der Waals surface area contributed by atoms with Crippen LogP contribution in [0.1, 0.15) is 5.69 Å². The second kappa shape index (κ2) is 5.61. The zero-order valence-corrected chi connectivity index (χ0v) is 11.5. The lowest BCUT2D eigenvalue weighted by Crippen LogP contribution is -2.15. The van der Waals surface area contributed by atoms with Crippen molar-refractivity contribution < 1.29 is 9.90 Å². The van der Waals surface area contributed by atoms with Gasteiger partial charge in [-0.1, -0.05) is 23.2 Å². The average molecular weight is 300 g/mol. The Labute approximate surface area is 119 Å². The SMILES string of the molecule is Cc1cc(NC(=O)CO)nn1-c1ccc(Cl)c(Cl)c1. The number of aliphatic hydroxyl groups is 1. The van der Waals surface area contributed by atoms with Crippen LogP contribution in [-0.2, 0) is 4.79 Å². The van der Waals surface area contributed by atoms with Gasteiger partial charge in [-0.15, -0.1) is 5.10 Å². The first-order valence-electron chi connectivity index (χ1n) is 5.44. The van der Waals surface area contributed by atoms with Gasteiger partial charge < -0.3 is 10.4 Å². The van der Waals surface area contributed by atoms with Gasteiger partial charge in [0.1, 0.15) is 6.61 Å². The van der Waals surface area contributed by atoms with Crippen molar-refractivity contribution in [1.29, 1.82) is 0 Å². The Balaban J connectivity index is 2.34. The van der Waals surface area contributed by atoms with Crippen molar-refractivity contribution in [2.75, 3.05) is 11.9 Å². The number of aromatic nitrogens is 2. The largest absolute Gasteiger partial charge is 0.387 e. The van der Waals surface area contributed by atoms with E-state index in [0.717, 1.165) is 11.4 Å². The molecule has 2 aromatic rings. The molecule has 0 radical (unpaired) electrons. The van der Waals surface area contributed by atoms with Crippen LogP contribution in [-0.4, -0.2) is 27.4 Å². The van der Waals surface area contributed by atoms with Gasteiger partial charge in [-0.05, 0) is 25.1 Å². The van der Waals surface area contributed by atoms with Crippen LogP contribution in [0, 0.1) is 6.92 Å². The molecular formula is C12H11Cl2N3O2. The Morgan fingerprint density at radius 2 is 2.11 bits per heavy atom. The van der Waals surface area contributed by atoms with Gasteiger partial charge in [0.2, 0.25) is 0 Å². The first kappa shape index (κ1) is 13.9. The third kappa shape index (κ3) is 3.07. The van der Waals surface area contributed by atoms with Crippen LogP contribution in [0.15, 0.2) is 24.3 Å². The van der Waals surface area contributed by atoms with Crippen molar-refractivity contribution in [2.24, 2.45) is 0 Å². The molecule has 0 unspecified atom stereocenters. The standard InChI is InChI=1S/C12H11Cl2N3O2/c1-7-4-11(15-12(19)6-18)16-17(7)8-2-3-9(13)10(14)5-8/h2-5,18H,6H2,1H3,(H,15,16,19). The molecule has 0 spiro atoms. The van der Waals surface area contributed by atoms with E-state index in [2.05, 4.69) is 10.4 Å². The summed E-state index contributed by atoms with van der Waals surface area (Å²) in [5.41, 5.74) is 1.54. The number of nitrogens with one attached hydrogen (secondary N) is 1. The molecule has 0 aliphatic carbocycles. The molecule has 0 aliphatic rings. The summed E-state index contributed by atoms with van der Waals surface area (Å²) in [6, 6.07) is 6.82. The molecular weight excluding hydrogens is 289 g/mol. The minimum atomic E-state index is -0.585. The highest BCUT2D eigenvalue weighted by molar-refractivity contribution is 6.42. The van der Waals surface area contributed by atoms with Crippen molar-refractivity contribution in [3.05, 3.63) is 40.0 Å². The minimum absolute atomic E-state index is 0.364. The summed E-state index contributed by atoms with van der Waals surface area (Å²) in [7, 11) is 0. The third-order valence-electron chi connectivity index (χ3n) is 2.45. The number of aryl methyl sites for hydroxylation is 1. The molecule has 1 amide bonds. The smallest absolute Gasteiger partial charge is 0.251 e. The van der Waals surface area contributed by atoms with Gasteiger partial charge in [0.15, 0.2) is 5.82 Å². The number of carbonyl (C=O) groups is 1. The Morgan fingerprint density at radius 1 is 1.37 bits per heavy atom. The molecule has 100 valence electrons.